The third-order valence-corrected chi connectivity index (χ3v) is 6.29. The van der Waals surface area contributed by atoms with Crippen LogP contribution in [0, 0.1) is 12.3 Å². The summed E-state index contributed by atoms with van der Waals surface area (Å²) in [6.45, 7) is 11.0. The van der Waals surface area contributed by atoms with Crippen molar-refractivity contribution in [1.82, 2.24) is 14.5 Å². The first-order valence-corrected chi connectivity index (χ1v) is 9.02. The van der Waals surface area contributed by atoms with E-state index in [9.17, 15) is 0 Å². The van der Waals surface area contributed by atoms with Gasteiger partial charge in [-0.2, -0.15) is 0 Å². The van der Waals surface area contributed by atoms with Gasteiger partial charge in [-0.1, -0.05) is 13.8 Å². The molecule has 2 aromatic heterocycles. The van der Waals surface area contributed by atoms with E-state index >= 15 is 0 Å². The van der Waals surface area contributed by atoms with Crippen LogP contribution in [0.3, 0.4) is 0 Å². The van der Waals surface area contributed by atoms with Gasteiger partial charge in [-0.05, 0) is 45.1 Å². The molecule has 6 nitrogen and oxygen atoms in total. The van der Waals surface area contributed by atoms with E-state index in [1.165, 1.54) is 0 Å². The summed E-state index contributed by atoms with van der Waals surface area (Å²) < 4.78 is 21.7. The molecule has 2 aromatic rings. The average molecular weight is 343 g/mol. The molecule has 6 heteroatoms. The van der Waals surface area contributed by atoms with Crippen LogP contribution in [0.25, 0.3) is 11.0 Å². The average Bonchev–Trinajstić information content (AvgIpc) is 3.17. The number of nitrogens with zero attached hydrogens (tertiary/aromatic N) is 3. The lowest BCUT2D eigenvalue weighted by molar-refractivity contribution is -0.213. The Bertz CT molecular complexity index is 874. The lowest BCUT2D eigenvalue weighted by Gasteiger charge is -2.37. The van der Waals surface area contributed by atoms with Crippen LogP contribution in [0.15, 0.2) is 18.6 Å². The van der Waals surface area contributed by atoms with Crippen molar-refractivity contribution in [3.8, 4) is 0 Å². The van der Waals surface area contributed by atoms with Crippen LogP contribution >= 0.6 is 0 Å². The minimum atomic E-state index is -0.697. The van der Waals surface area contributed by atoms with Gasteiger partial charge in [0.1, 0.15) is 17.6 Å². The molecule has 3 atom stereocenters. The molecule has 134 valence electrons. The Balaban J connectivity index is 1.77. The van der Waals surface area contributed by atoms with Gasteiger partial charge in [0.05, 0.1) is 18.4 Å². The summed E-state index contributed by atoms with van der Waals surface area (Å²) >= 11 is 0. The molecular formula is C19H25N3O3. The fourth-order valence-corrected chi connectivity index (χ4v) is 5.34. The SMILES string of the molecule is Cc1ncnc2c1ccn2[C@]12CO[C@@H]3C(C)(C)CC[C@@]31OC(C)(C)O2. The zero-order chi connectivity index (χ0) is 17.7. The van der Waals surface area contributed by atoms with E-state index in [0.717, 1.165) is 29.6 Å². The Morgan fingerprint density at radius 1 is 1.12 bits per heavy atom. The molecule has 2 aliphatic heterocycles. The standard InChI is InChI=1S/C19H25N3O3/c1-12-13-6-9-22(14(13)21-11-20-12)19-10-23-15-16(2,3)7-8-18(15,19)24-17(4,5)25-19/h6,9,11,15H,7-8,10H2,1-5H3/t15-,18-,19+/m1/s1. The van der Waals surface area contributed by atoms with Gasteiger partial charge >= 0.3 is 0 Å². The maximum atomic E-state index is 6.61. The first kappa shape index (κ1) is 15.7. The highest BCUT2D eigenvalue weighted by molar-refractivity contribution is 5.78. The van der Waals surface area contributed by atoms with Crippen LogP contribution < -0.4 is 0 Å². The van der Waals surface area contributed by atoms with Crippen LogP contribution in [0.1, 0.15) is 46.2 Å². The maximum Gasteiger partial charge on any atom is 0.204 e. The van der Waals surface area contributed by atoms with E-state index in [0.29, 0.717) is 6.61 Å². The molecule has 2 saturated heterocycles. The summed E-state index contributed by atoms with van der Waals surface area (Å²) in [5.41, 5.74) is 0.707. The molecule has 0 radical (unpaired) electrons. The normalized spacial score (nSPS) is 38.2. The molecule has 3 aliphatic rings. The predicted molar refractivity (Wildman–Crippen MR) is 92.0 cm³/mol. The van der Waals surface area contributed by atoms with Gasteiger partial charge in [0.2, 0.25) is 5.72 Å². The molecule has 25 heavy (non-hydrogen) atoms. The van der Waals surface area contributed by atoms with Crippen LogP contribution in [-0.4, -0.2) is 38.6 Å². The van der Waals surface area contributed by atoms with E-state index in [1.54, 1.807) is 6.33 Å². The van der Waals surface area contributed by atoms with E-state index in [-0.39, 0.29) is 11.5 Å². The molecule has 1 spiro atoms. The number of rotatable bonds is 1. The Morgan fingerprint density at radius 2 is 1.92 bits per heavy atom. The van der Waals surface area contributed by atoms with Gasteiger partial charge in [0, 0.05) is 11.6 Å². The van der Waals surface area contributed by atoms with E-state index in [2.05, 4.69) is 40.6 Å². The van der Waals surface area contributed by atoms with Crippen LogP contribution in [-0.2, 0) is 19.9 Å². The number of aromatic nitrogens is 3. The summed E-state index contributed by atoms with van der Waals surface area (Å²) in [5, 5.41) is 1.04. The Morgan fingerprint density at radius 3 is 2.72 bits per heavy atom. The summed E-state index contributed by atoms with van der Waals surface area (Å²) in [7, 11) is 0. The van der Waals surface area contributed by atoms with Crippen LogP contribution in [0.5, 0.6) is 0 Å². The Labute approximate surface area is 147 Å². The van der Waals surface area contributed by atoms with Gasteiger partial charge in [-0.25, -0.2) is 9.97 Å². The molecule has 0 unspecified atom stereocenters. The second kappa shape index (κ2) is 4.42. The number of hydrogen-bond acceptors (Lipinski definition) is 5. The zero-order valence-electron chi connectivity index (χ0n) is 15.5. The molecule has 0 bridgehead atoms. The molecule has 0 N–H and O–H groups in total. The van der Waals surface area contributed by atoms with E-state index < -0.39 is 17.1 Å². The minimum Gasteiger partial charge on any atom is -0.369 e. The fourth-order valence-electron chi connectivity index (χ4n) is 5.34. The highest BCUT2D eigenvalue weighted by Gasteiger charge is 2.77. The fraction of sp³-hybridized carbons (Fsp3) is 0.684. The molecule has 3 fully saturated rings. The smallest absolute Gasteiger partial charge is 0.204 e. The minimum absolute atomic E-state index is 0.00200. The molecule has 5 rings (SSSR count). The third-order valence-electron chi connectivity index (χ3n) is 6.29. The van der Waals surface area contributed by atoms with Crippen molar-refractivity contribution in [2.75, 3.05) is 6.61 Å². The van der Waals surface area contributed by atoms with Crippen molar-refractivity contribution in [1.29, 1.82) is 0 Å². The third kappa shape index (κ3) is 1.75. The number of ether oxygens (including phenoxy) is 3. The Hall–Kier alpha value is -1.50. The van der Waals surface area contributed by atoms with Crippen LogP contribution in [0.4, 0.5) is 0 Å². The summed E-state index contributed by atoms with van der Waals surface area (Å²) in [5.74, 6) is -0.666. The van der Waals surface area contributed by atoms with Gasteiger partial charge in [-0.15, -0.1) is 0 Å². The monoisotopic (exact) mass is 343 g/mol. The lowest BCUT2D eigenvalue weighted by Crippen LogP contribution is -2.54. The molecule has 1 aliphatic carbocycles. The molecule has 4 heterocycles. The van der Waals surface area contributed by atoms with Crippen molar-refractivity contribution in [3.05, 3.63) is 24.3 Å². The molecule has 1 saturated carbocycles. The number of fused-ring (bicyclic) bond motifs is 1. The van der Waals surface area contributed by atoms with Gasteiger partial charge in [0.15, 0.2) is 5.79 Å². The first-order valence-electron chi connectivity index (χ1n) is 9.02. The zero-order valence-corrected chi connectivity index (χ0v) is 15.5. The first-order chi connectivity index (χ1) is 11.7. The van der Waals surface area contributed by atoms with Crippen molar-refractivity contribution in [2.45, 2.75) is 70.7 Å². The second-order valence-electron chi connectivity index (χ2n) is 8.84. The number of aryl methyl sites for hydroxylation is 1. The van der Waals surface area contributed by atoms with Crippen molar-refractivity contribution >= 4 is 11.0 Å². The highest BCUT2D eigenvalue weighted by atomic mass is 16.8. The van der Waals surface area contributed by atoms with Crippen LogP contribution in [0.2, 0.25) is 0 Å². The van der Waals surface area contributed by atoms with Gasteiger partial charge in [0.25, 0.3) is 0 Å². The summed E-state index contributed by atoms with van der Waals surface area (Å²) in [6.07, 6.45) is 5.63. The van der Waals surface area contributed by atoms with Gasteiger partial charge in [-0.3, -0.25) is 4.57 Å². The quantitative estimate of drug-likeness (QED) is 0.796. The molecule has 0 amide bonds. The largest absolute Gasteiger partial charge is 0.369 e. The van der Waals surface area contributed by atoms with Gasteiger partial charge < -0.3 is 14.2 Å². The van der Waals surface area contributed by atoms with E-state index in [4.69, 9.17) is 14.2 Å². The van der Waals surface area contributed by atoms with Crippen molar-refractivity contribution in [2.24, 2.45) is 5.41 Å². The van der Waals surface area contributed by atoms with Crippen molar-refractivity contribution in [3.63, 3.8) is 0 Å². The topological polar surface area (TPSA) is 58.4 Å². The summed E-state index contributed by atoms with van der Waals surface area (Å²) in [6, 6.07) is 2.06. The molecular weight excluding hydrogens is 318 g/mol. The molecule has 0 aromatic carbocycles. The Kier molecular flexibility index (Phi) is 2.78. The summed E-state index contributed by atoms with van der Waals surface area (Å²) in [4.78, 5) is 8.88. The predicted octanol–water partition coefficient (Wildman–Crippen LogP) is 3.13. The van der Waals surface area contributed by atoms with E-state index in [1.807, 2.05) is 20.8 Å². The number of hydrogen-bond donors (Lipinski definition) is 0. The lowest BCUT2D eigenvalue weighted by atomic mass is 9.82. The highest BCUT2D eigenvalue weighted by Crippen LogP contribution is 2.64. The maximum absolute atomic E-state index is 6.61. The van der Waals surface area contributed by atoms with Crippen molar-refractivity contribution < 1.29 is 14.2 Å². The second-order valence-corrected chi connectivity index (χ2v) is 8.84.